The van der Waals surface area contributed by atoms with Gasteiger partial charge in [0.05, 0.1) is 32.0 Å². The lowest BCUT2D eigenvalue weighted by Crippen LogP contribution is -2.41. The Balaban J connectivity index is 1.19. The van der Waals surface area contributed by atoms with Crippen molar-refractivity contribution in [3.63, 3.8) is 0 Å². The molecule has 0 radical (unpaired) electrons. The van der Waals surface area contributed by atoms with Crippen LogP contribution in [0.25, 0.3) is 16.7 Å². The summed E-state index contributed by atoms with van der Waals surface area (Å²) in [5.41, 5.74) is 3.39. The van der Waals surface area contributed by atoms with Gasteiger partial charge in [0.2, 0.25) is 5.95 Å². The number of ether oxygens (including phenoxy) is 2. The summed E-state index contributed by atoms with van der Waals surface area (Å²) in [6, 6.07) is 14.7. The quantitative estimate of drug-likeness (QED) is 0.419. The third-order valence-corrected chi connectivity index (χ3v) is 6.91. The Kier molecular flexibility index (Phi) is 7.00. The number of fused-ring (bicyclic) bond motifs is 1. The molecule has 0 spiro atoms. The van der Waals surface area contributed by atoms with Crippen LogP contribution in [0.3, 0.4) is 0 Å². The van der Waals surface area contributed by atoms with E-state index in [1.165, 1.54) is 17.7 Å². The molecule has 2 aromatic carbocycles. The molecule has 38 heavy (non-hydrogen) atoms. The van der Waals surface area contributed by atoms with E-state index in [4.69, 9.17) is 14.5 Å². The van der Waals surface area contributed by atoms with Gasteiger partial charge in [0.1, 0.15) is 11.5 Å². The molecule has 0 atom stereocenters. The zero-order valence-corrected chi connectivity index (χ0v) is 21.0. The Bertz CT molecular complexity index is 1430. The lowest BCUT2D eigenvalue weighted by Gasteiger charge is -2.27. The molecule has 2 fully saturated rings. The van der Waals surface area contributed by atoms with E-state index in [0.717, 1.165) is 43.9 Å². The van der Waals surface area contributed by atoms with Gasteiger partial charge in [0.25, 0.3) is 5.91 Å². The SMILES string of the molecule is O=C(c1ccc(-n2ccc3cnc(Nc4ccc(CN5CCOCC5)cc4)nc32)cc1F)N1CCOCC1. The normalized spacial score (nSPS) is 16.6. The molecule has 0 saturated carbocycles. The van der Waals surface area contributed by atoms with Crippen molar-refractivity contribution in [3.8, 4) is 5.69 Å². The van der Waals surface area contributed by atoms with Crippen LogP contribution in [-0.2, 0) is 16.0 Å². The number of nitrogens with zero attached hydrogens (tertiary/aromatic N) is 5. The topological polar surface area (TPSA) is 84.8 Å². The maximum Gasteiger partial charge on any atom is 0.256 e. The number of anilines is 2. The van der Waals surface area contributed by atoms with Crippen molar-refractivity contribution in [2.75, 3.05) is 57.9 Å². The number of carbonyl (C=O) groups excluding carboxylic acids is 1. The highest BCUT2D eigenvalue weighted by molar-refractivity contribution is 5.95. The molecule has 2 aliphatic rings. The van der Waals surface area contributed by atoms with Gasteiger partial charge >= 0.3 is 0 Å². The van der Waals surface area contributed by atoms with Gasteiger partial charge in [-0.25, -0.2) is 9.37 Å². The van der Waals surface area contributed by atoms with Crippen molar-refractivity contribution in [2.24, 2.45) is 0 Å². The number of nitrogens with one attached hydrogen (secondary N) is 1. The van der Waals surface area contributed by atoms with Gasteiger partial charge in [-0.2, -0.15) is 4.98 Å². The fourth-order valence-corrected chi connectivity index (χ4v) is 4.79. The summed E-state index contributed by atoms with van der Waals surface area (Å²) in [7, 11) is 0. The highest BCUT2D eigenvalue weighted by Gasteiger charge is 2.22. The number of aromatic nitrogens is 3. The first-order valence-electron chi connectivity index (χ1n) is 12.8. The lowest BCUT2D eigenvalue weighted by molar-refractivity contribution is 0.0300. The summed E-state index contributed by atoms with van der Waals surface area (Å²) in [6.07, 6.45) is 3.56. The summed E-state index contributed by atoms with van der Waals surface area (Å²) in [5.74, 6) is -0.442. The lowest BCUT2D eigenvalue weighted by atomic mass is 10.1. The molecular weight excluding hydrogens is 487 g/mol. The molecule has 196 valence electrons. The van der Waals surface area contributed by atoms with Gasteiger partial charge < -0.3 is 24.3 Å². The van der Waals surface area contributed by atoms with E-state index in [2.05, 4.69) is 27.3 Å². The maximum atomic E-state index is 15.0. The summed E-state index contributed by atoms with van der Waals surface area (Å²) in [5, 5.41) is 4.09. The number of benzene rings is 2. The predicted octanol–water partition coefficient (Wildman–Crippen LogP) is 3.61. The van der Waals surface area contributed by atoms with E-state index >= 15 is 4.39 Å². The fraction of sp³-hybridized carbons (Fsp3) is 0.321. The summed E-state index contributed by atoms with van der Waals surface area (Å²) < 4.78 is 27.6. The van der Waals surface area contributed by atoms with Crippen molar-refractivity contribution < 1.29 is 18.7 Å². The van der Waals surface area contributed by atoms with Gasteiger partial charge in [-0.1, -0.05) is 12.1 Å². The van der Waals surface area contributed by atoms with Gasteiger partial charge in [0.15, 0.2) is 0 Å². The van der Waals surface area contributed by atoms with E-state index < -0.39 is 5.82 Å². The van der Waals surface area contributed by atoms with Gasteiger partial charge in [-0.3, -0.25) is 9.69 Å². The second-order valence-corrected chi connectivity index (χ2v) is 9.44. The number of amides is 1. The summed E-state index contributed by atoms with van der Waals surface area (Å²) >= 11 is 0. The molecule has 0 unspecified atom stereocenters. The van der Waals surface area contributed by atoms with Crippen molar-refractivity contribution in [1.29, 1.82) is 0 Å². The van der Waals surface area contributed by atoms with Crippen molar-refractivity contribution in [3.05, 3.63) is 77.9 Å². The van der Waals surface area contributed by atoms with Crippen LogP contribution in [0.15, 0.2) is 60.9 Å². The minimum atomic E-state index is -0.564. The predicted molar refractivity (Wildman–Crippen MR) is 141 cm³/mol. The third-order valence-electron chi connectivity index (χ3n) is 6.91. The van der Waals surface area contributed by atoms with Crippen LogP contribution in [0.5, 0.6) is 0 Å². The third kappa shape index (κ3) is 5.24. The average molecular weight is 517 g/mol. The Morgan fingerprint density at radius 3 is 2.42 bits per heavy atom. The molecule has 0 bridgehead atoms. The number of carbonyl (C=O) groups is 1. The maximum absolute atomic E-state index is 15.0. The zero-order valence-electron chi connectivity index (χ0n) is 21.0. The Morgan fingerprint density at radius 2 is 1.68 bits per heavy atom. The Hall–Kier alpha value is -3.86. The smallest absolute Gasteiger partial charge is 0.256 e. The standard InChI is InChI=1S/C28H29FN6O3/c29-25-17-23(5-6-24(25)27(36)34-11-15-38-16-12-34)35-8-7-21-18-30-28(32-26(21)35)31-22-3-1-20(2-4-22)19-33-9-13-37-14-10-33/h1-8,17-18H,9-16,19H2,(H,30,31,32). The number of hydrogen-bond donors (Lipinski definition) is 1. The Labute approximate surface area is 219 Å². The van der Waals surface area contributed by atoms with Crippen LogP contribution < -0.4 is 5.32 Å². The van der Waals surface area contributed by atoms with Crippen LogP contribution in [-0.4, -0.2) is 82.8 Å². The first-order chi connectivity index (χ1) is 18.6. The molecule has 2 aromatic heterocycles. The fourth-order valence-electron chi connectivity index (χ4n) is 4.79. The zero-order chi connectivity index (χ0) is 25.9. The molecule has 2 aliphatic heterocycles. The first-order valence-corrected chi connectivity index (χ1v) is 12.8. The molecule has 6 rings (SSSR count). The number of rotatable bonds is 6. The van der Waals surface area contributed by atoms with Gasteiger partial charge in [-0.15, -0.1) is 0 Å². The van der Waals surface area contributed by atoms with E-state index in [0.29, 0.717) is 43.6 Å². The van der Waals surface area contributed by atoms with Crippen molar-refractivity contribution >= 4 is 28.6 Å². The average Bonchev–Trinajstić information content (AvgIpc) is 3.38. The van der Waals surface area contributed by atoms with Crippen molar-refractivity contribution in [2.45, 2.75) is 6.54 Å². The number of halogens is 1. The van der Waals surface area contributed by atoms with E-state index in [9.17, 15) is 4.79 Å². The molecule has 1 amide bonds. The Morgan fingerprint density at radius 1 is 0.947 bits per heavy atom. The van der Waals surface area contributed by atoms with Crippen molar-refractivity contribution in [1.82, 2.24) is 24.3 Å². The second-order valence-electron chi connectivity index (χ2n) is 9.44. The number of morpholine rings is 2. The minimum absolute atomic E-state index is 0.0566. The molecule has 4 heterocycles. The molecule has 10 heteroatoms. The van der Waals surface area contributed by atoms with Crippen LogP contribution >= 0.6 is 0 Å². The summed E-state index contributed by atoms with van der Waals surface area (Å²) in [4.78, 5) is 25.9. The van der Waals surface area contributed by atoms with Crippen LogP contribution in [0, 0.1) is 5.82 Å². The molecule has 4 aromatic rings. The largest absolute Gasteiger partial charge is 0.379 e. The van der Waals surface area contributed by atoms with Gasteiger partial charge in [-0.05, 0) is 42.0 Å². The van der Waals surface area contributed by atoms with E-state index in [-0.39, 0.29) is 11.5 Å². The molecule has 1 N–H and O–H groups in total. The number of hydrogen-bond acceptors (Lipinski definition) is 7. The molecular formula is C28H29FN6O3. The second kappa shape index (κ2) is 10.9. The highest BCUT2D eigenvalue weighted by atomic mass is 19.1. The molecule has 0 aliphatic carbocycles. The summed E-state index contributed by atoms with van der Waals surface area (Å²) in [6.45, 7) is 6.22. The molecule has 9 nitrogen and oxygen atoms in total. The first kappa shape index (κ1) is 24.5. The highest BCUT2D eigenvalue weighted by Crippen LogP contribution is 2.23. The van der Waals surface area contributed by atoms with Crippen LogP contribution in [0.4, 0.5) is 16.0 Å². The van der Waals surface area contributed by atoms with E-state index in [1.807, 2.05) is 24.4 Å². The monoisotopic (exact) mass is 516 g/mol. The van der Waals surface area contributed by atoms with Crippen LogP contribution in [0.1, 0.15) is 15.9 Å². The molecule has 2 saturated heterocycles. The van der Waals surface area contributed by atoms with Gasteiger partial charge in [0, 0.05) is 61.9 Å². The minimum Gasteiger partial charge on any atom is -0.379 e. The van der Waals surface area contributed by atoms with E-state index in [1.54, 1.807) is 21.7 Å². The van der Waals surface area contributed by atoms with Crippen LogP contribution in [0.2, 0.25) is 0 Å².